The number of aliphatic carboxylic acids is 1. The van der Waals surface area contributed by atoms with E-state index in [0.29, 0.717) is 0 Å². The first-order chi connectivity index (χ1) is 6.43. The Balaban J connectivity index is 2.56. The second kappa shape index (κ2) is 4.09. The van der Waals surface area contributed by atoms with Gasteiger partial charge in [-0.15, -0.1) is 0 Å². The molecule has 0 aromatic heterocycles. The molecule has 1 saturated heterocycles. The highest BCUT2D eigenvalue weighted by Gasteiger charge is 2.36. The first-order valence-electron chi connectivity index (χ1n) is 4.81. The number of carboxylic acid groups (broad SMARTS) is 1. The van der Waals surface area contributed by atoms with Crippen molar-refractivity contribution in [3.63, 3.8) is 0 Å². The second-order valence-electron chi connectivity index (χ2n) is 4.40. The number of hydrogen-bond acceptors (Lipinski definition) is 3. The fourth-order valence-electron chi connectivity index (χ4n) is 1.80. The largest absolute Gasteiger partial charge is 0.476 e. The number of Topliss-reactive ketones (excluding diaryl/α,β-unsaturated/α-hetero) is 1. The normalized spacial score (nSPS) is 22.3. The van der Waals surface area contributed by atoms with Crippen LogP contribution >= 0.6 is 0 Å². The van der Waals surface area contributed by atoms with Crippen molar-refractivity contribution in [3.8, 4) is 0 Å². The first kappa shape index (κ1) is 11.2. The number of carbonyl (C=O) groups excluding carboxylic acids is 1. The minimum absolute atomic E-state index is 0.0193. The third kappa shape index (κ3) is 2.54. The van der Waals surface area contributed by atoms with Gasteiger partial charge in [-0.25, -0.2) is 4.79 Å². The predicted molar refractivity (Wildman–Crippen MR) is 50.0 cm³/mol. The molecular weight excluding hydrogens is 184 g/mol. The fourth-order valence-corrected chi connectivity index (χ4v) is 1.80. The van der Waals surface area contributed by atoms with Crippen molar-refractivity contribution < 1.29 is 19.4 Å². The van der Waals surface area contributed by atoms with Crippen LogP contribution < -0.4 is 0 Å². The monoisotopic (exact) mass is 200 g/mol. The summed E-state index contributed by atoms with van der Waals surface area (Å²) < 4.78 is 5.45. The van der Waals surface area contributed by atoms with E-state index in [2.05, 4.69) is 0 Å². The van der Waals surface area contributed by atoms with Crippen molar-refractivity contribution >= 4 is 11.8 Å². The van der Waals surface area contributed by atoms with E-state index in [-0.39, 0.29) is 17.9 Å². The number of ether oxygens (including phenoxy) is 1. The Morgan fingerprint density at radius 2 is 2.14 bits per heavy atom. The quantitative estimate of drug-likeness (QED) is 0.693. The smallest absolute Gasteiger partial charge is 0.372 e. The molecule has 0 amide bonds. The van der Waals surface area contributed by atoms with E-state index >= 15 is 0 Å². The van der Waals surface area contributed by atoms with Gasteiger partial charge in [-0.2, -0.15) is 0 Å². The van der Waals surface area contributed by atoms with E-state index < -0.39 is 11.8 Å². The standard InChI is InChI=1S/C10H16O4/c1-10(2,6-7(11)9(12)13)8-4-3-5-14-8/h8H,3-6H2,1-2H3,(H,12,13). The lowest BCUT2D eigenvalue weighted by molar-refractivity contribution is -0.150. The van der Waals surface area contributed by atoms with Gasteiger partial charge >= 0.3 is 5.97 Å². The lowest BCUT2D eigenvalue weighted by atomic mass is 9.80. The van der Waals surface area contributed by atoms with Crippen LogP contribution in [0, 0.1) is 5.41 Å². The van der Waals surface area contributed by atoms with Gasteiger partial charge in [-0.1, -0.05) is 13.8 Å². The molecule has 1 unspecified atom stereocenters. The van der Waals surface area contributed by atoms with Crippen LogP contribution in [-0.2, 0) is 14.3 Å². The summed E-state index contributed by atoms with van der Waals surface area (Å²) in [7, 11) is 0. The minimum atomic E-state index is -1.35. The number of carbonyl (C=O) groups is 2. The van der Waals surface area contributed by atoms with Gasteiger partial charge in [0, 0.05) is 13.0 Å². The molecule has 1 N–H and O–H groups in total. The van der Waals surface area contributed by atoms with Crippen LogP contribution in [0.25, 0.3) is 0 Å². The summed E-state index contributed by atoms with van der Waals surface area (Å²) in [6, 6.07) is 0. The van der Waals surface area contributed by atoms with Crippen molar-refractivity contribution in [1.29, 1.82) is 0 Å². The van der Waals surface area contributed by atoms with Crippen LogP contribution in [0.2, 0.25) is 0 Å². The molecule has 1 aliphatic rings. The Labute approximate surface area is 83.2 Å². The fraction of sp³-hybridized carbons (Fsp3) is 0.800. The summed E-state index contributed by atoms with van der Waals surface area (Å²) in [6.07, 6.45) is 1.98. The third-order valence-electron chi connectivity index (χ3n) is 2.66. The molecule has 0 aromatic rings. The summed E-state index contributed by atoms with van der Waals surface area (Å²) >= 11 is 0. The maximum Gasteiger partial charge on any atom is 0.372 e. The summed E-state index contributed by atoms with van der Waals surface area (Å²) in [5.41, 5.74) is -0.369. The van der Waals surface area contributed by atoms with Crippen LogP contribution in [0.1, 0.15) is 33.1 Å². The van der Waals surface area contributed by atoms with E-state index in [1.165, 1.54) is 0 Å². The van der Waals surface area contributed by atoms with Gasteiger partial charge < -0.3 is 9.84 Å². The van der Waals surface area contributed by atoms with E-state index in [1.54, 1.807) is 0 Å². The molecular formula is C10H16O4. The molecule has 1 fully saturated rings. The zero-order valence-corrected chi connectivity index (χ0v) is 8.58. The molecule has 0 radical (unpaired) electrons. The summed E-state index contributed by atoms with van der Waals surface area (Å²) in [5, 5.41) is 8.50. The Morgan fingerprint density at radius 1 is 1.50 bits per heavy atom. The topological polar surface area (TPSA) is 63.6 Å². The maximum absolute atomic E-state index is 11.1. The summed E-state index contributed by atoms with van der Waals surface area (Å²) in [4.78, 5) is 21.5. The van der Waals surface area contributed by atoms with Crippen LogP contribution in [0.15, 0.2) is 0 Å². The molecule has 1 atom stereocenters. The molecule has 0 bridgehead atoms. The molecule has 1 heterocycles. The van der Waals surface area contributed by atoms with E-state index in [1.807, 2.05) is 13.8 Å². The lowest BCUT2D eigenvalue weighted by Crippen LogP contribution is -2.33. The molecule has 4 nitrogen and oxygen atoms in total. The van der Waals surface area contributed by atoms with Crippen molar-refractivity contribution in [2.24, 2.45) is 5.41 Å². The summed E-state index contributed by atoms with van der Waals surface area (Å²) in [6.45, 7) is 4.48. The Morgan fingerprint density at radius 3 is 2.57 bits per heavy atom. The van der Waals surface area contributed by atoms with Gasteiger partial charge in [0.1, 0.15) is 0 Å². The Hall–Kier alpha value is -0.900. The van der Waals surface area contributed by atoms with Crippen molar-refractivity contribution in [2.75, 3.05) is 6.61 Å². The van der Waals surface area contributed by atoms with Gasteiger partial charge in [-0.3, -0.25) is 4.79 Å². The number of ketones is 1. The molecule has 1 aliphatic heterocycles. The predicted octanol–water partition coefficient (Wildman–Crippen LogP) is 1.24. The number of rotatable bonds is 4. The highest BCUT2D eigenvalue weighted by Crippen LogP contribution is 2.33. The van der Waals surface area contributed by atoms with Crippen molar-refractivity contribution in [3.05, 3.63) is 0 Å². The zero-order chi connectivity index (χ0) is 10.8. The molecule has 14 heavy (non-hydrogen) atoms. The Kier molecular flexibility index (Phi) is 3.26. The average molecular weight is 200 g/mol. The second-order valence-corrected chi connectivity index (χ2v) is 4.40. The highest BCUT2D eigenvalue weighted by molar-refractivity contribution is 6.32. The van der Waals surface area contributed by atoms with E-state index in [9.17, 15) is 9.59 Å². The van der Waals surface area contributed by atoms with Crippen molar-refractivity contribution in [1.82, 2.24) is 0 Å². The van der Waals surface area contributed by atoms with Gasteiger partial charge in [0.2, 0.25) is 5.78 Å². The molecule has 0 spiro atoms. The maximum atomic E-state index is 11.1. The van der Waals surface area contributed by atoms with Crippen molar-refractivity contribution in [2.45, 2.75) is 39.2 Å². The third-order valence-corrected chi connectivity index (χ3v) is 2.66. The summed E-state index contributed by atoms with van der Waals surface area (Å²) in [5.74, 6) is -2.08. The number of hydrogen-bond donors (Lipinski definition) is 1. The van der Waals surface area contributed by atoms with E-state index in [0.717, 1.165) is 19.4 Å². The molecule has 0 saturated carbocycles. The van der Waals surface area contributed by atoms with Gasteiger partial charge in [0.15, 0.2) is 0 Å². The van der Waals surface area contributed by atoms with Gasteiger partial charge in [0.25, 0.3) is 0 Å². The lowest BCUT2D eigenvalue weighted by Gasteiger charge is -2.29. The molecule has 0 aliphatic carbocycles. The molecule has 1 rings (SSSR count). The zero-order valence-electron chi connectivity index (χ0n) is 8.58. The molecule has 80 valence electrons. The highest BCUT2D eigenvalue weighted by atomic mass is 16.5. The number of carboxylic acids is 1. The Bertz CT molecular complexity index is 239. The van der Waals surface area contributed by atoms with Crippen LogP contribution in [0.4, 0.5) is 0 Å². The van der Waals surface area contributed by atoms with Crippen LogP contribution in [0.5, 0.6) is 0 Å². The average Bonchev–Trinajstić information content (AvgIpc) is 2.54. The molecule has 0 aromatic carbocycles. The van der Waals surface area contributed by atoms with Crippen LogP contribution in [0.3, 0.4) is 0 Å². The molecule has 4 heteroatoms. The SMILES string of the molecule is CC(C)(CC(=O)C(=O)O)C1CCCO1. The van der Waals surface area contributed by atoms with Gasteiger partial charge in [0.05, 0.1) is 6.10 Å². The van der Waals surface area contributed by atoms with E-state index in [4.69, 9.17) is 9.84 Å². The van der Waals surface area contributed by atoms with Gasteiger partial charge in [-0.05, 0) is 18.3 Å². The first-order valence-corrected chi connectivity index (χ1v) is 4.81. The minimum Gasteiger partial charge on any atom is -0.476 e. The van der Waals surface area contributed by atoms with Crippen LogP contribution in [-0.4, -0.2) is 29.6 Å².